The van der Waals surface area contributed by atoms with Gasteiger partial charge in [-0.15, -0.1) is 0 Å². The van der Waals surface area contributed by atoms with Gasteiger partial charge >= 0.3 is 0 Å². The lowest BCUT2D eigenvalue weighted by Gasteiger charge is -2.50. The predicted octanol–water partition coefficient (Wildman–Crippen LogP) is 2.51. The number of nitrogens with zero attached hydrogens (tertiary/aromatic N) is 1. The summed E-state index contributed by atoms with van der Waals surface area (Å²) in [6.45, 7) is 14.4. The predicted molar refractivity (Wildman–Crippen MR) is 80.4 cm³/mol. The SMILES string of the molecule is CCOCCN1CC(C(C)CC)NCC1(C)C1CC1. The molecule has 1 saturated heterocycles. The molecule has 0 spiro atoms. The van der Waals surface area contributed by atoms with Crippen molar-refractivity contribution < 1.29 is 4.74 Å². The molecular weight excluding hydrogens is 236 g/mol. The molecule has 2 fully saturated rings. The van der Waals surface area contributed by atoms with Crippen LogP contribution in [0.25, 0.3) is 0 Å². The van der Waals surface area contributed by atoms with Crippen LogP contribution in [-0.2, 0) is 4.74 Å². The minimum Gasteiger partial charge on any atom is -0.380 e. The smallest absolute Gasteiger partial charge is 0.0593 e. The largest absolute Gasteiger partial charge is 0.380 e. The van der Waals surface area contributed by atoms with E-state index < -0.39 is 0 Å². The van der Waals surface area contributed by atoms with E-state index in [-0.39, 0.29) is 0 Å². The molecule has 2 rings (SSSR count). The van der Waals surface area contributed by atoms with Crippen LogP contribution in [0.5, 0.6) is 0 Å². The first kappa shape index (κ1) is 15.3. The summed E-state index contributed by atoms with van der Waals surface area (Å²) >= 11 is 0. The zero-order valence-electron chi connectivity index (χ0n) is 13.2. The van der Waals surface area contributed by atoms with Gasteiger partial charge in [0.05, 0.1) is 6.61 Å². The van der Waals surface area contributed by atoms with Crippen LogP contribution in [0.2, 0.25) is 0 Å². The molecule has 0 aromatic carbocycles. The van der Waals surface area contributed by atoms with Crippen LogP contribution >= 0.6 is 0 Å². The number of ether oxygens (including phenoxy) is 1. The van der Waals surface area contributed by atoms with Crippen LogP contribution in [0.1, 0.15) is 47.0 Å². The van der Waals surface area contributed by atoms with Crippen molar-refractivity contribution >= 4 is 0 Å². The Labute approximate surface area is 119 Å². The highest BCUT2D eigenvalue weighted by Gasteiger charge is 2.48. The lowest BCUT2D eigenvalue weighted by molar-refractivity contribution is 0.000537. The normalized spacial score (nSPS) is 34.4. The van der Waals surface area contributed by atoms with Gasteiger partial charge in [0.15, 0.2) is 0 Å². The van der Waals surface area contributed by atoms with Crippen LogP contribution in [-0.4, -0.2) is 49.3 Å². The average Bonchev–Trinajstić information content (AvgIpc) is 3.25. The van der Waals surface area contributed by atoms with Gasteiger partial charge in [-0.25, -0.2) is 0 Å². The van der Waals surface area contributed by atoms with Crippen molar-refractivity contribution in [2.75, 3.05) is 32.8 Å². The summed E-state index contributed by atoms with van der Waals surface area (Å²) in [6, 6.07) is 0.651. The number of nitrogens with one attached hydrogen (secondary N) is 1. The van der Waals surface area contributed by atoms with Gasteiger partial charge in [-0.3, -0.25) is 4.90 Å². The first-order chi connectivity index (χ1) is 9.11. The molecule has 3 heteroatoms. The topological polar surface area (TPSA) is 24.5 Å². The van der Waals surface area contributed by atoms with Crippen LogP contribution in [0, 0.1) is 11.8 Å². The van der Waals surface area contributed by atoms with Gasteiger partial charge in [0.2, 0.25) is 0 Å². The Bertz CT molecular complexity index is 280. The molecule has 1 aliphatic carbocycles. The second kappa shape index (κ2) is 6.55. The van der Waals surface area contributed by atoms with Crippen LogP contribution < -0.4 is 5.32 Å². The molecule has 2 aliphatic rings. The standard InChI is InChI=1S/C16H32N2O/c1-5-13(3)15-11-18(9-10-19-6-2)16(4,12-17-15)14-7-8-14/h13-15,17H,5-12H2,1-4H3. The number of piperazine rings is 1. The minimum absolute atomic E-state index is 0.362. The Morgan fingerprint density at radius 2 is 2.11 bits per heavy atom. The van der Waals surface area contributed by atoms with E-state index in [1.807, 2.05) is 0 Å². The molecule has 1 saturated carbocycles. The first-order valence-electron chi connectivity index (χ1n) is 8.18. The summed E-state index contributed by atoms with van der Waals surface area (Å²) in [7, 11) is 0. The molecule has 1 heterocycles. The maximum Gasteiger partial charge on any atom is 0.0593 e. The fraction of sp³-hybridized carbons (Fsp3) is 1.00. The monoisotopic (exact) mass is 268 g/mol. The minimum atomic E-state index is 0.362. The van der Waals surface area contributed by atoms with Crippen molar-refractivity contribution in [2.45, 2.75) is 58.5 Å². The fourth-order valence-corrected chi connectivity index (χ4v) is 3.40. The fourth-order valence-electron chi connectivity index (χ4n) is 3.40. The van der Waals surface area contributed by atoms with Crippen LogP contribution in [0.4, 0.5) is 0 Å². The van der Waals surface area contributed by atoms with Crippen molar-refractivity contribution in [3.63, 3.8) is 0 Å². The molecule has 1 N–H and O–H groups in total. The van der Waals surface area contributed by atoms with Gasteiger partial charge in [0.25, 0.3) is 0 Å². The maximum absolute atomic E-state index is 5.59. The van der Waals surface area contributed by atoms with Gasteiger partial charge in [-0.2, -0.15) is 0 Å². The molecule has 0 aromatic rings. The summed E-state index contributed by atoms with van der Waals surface area (Å²) in [4.78, 5) is 2.72. The molecule has 19 heavy (non-hydrogen) atoms. The van der Waals surface area contributed by atoms with E-state index in [4.69, 9.17) is 4.74 Å². The molecule has 3 unspecified atom stereocenters. The molecule has 3 nitrogen and oxygen atoms in total. The van der Waals surface area contributed by atoms with Gasteiger partial charge in [-0.1, -0.05) is 20.3 Å². The Morgan fingerprint density at radius 1 is 1.37 bits per heavy atom. The van der Waals surface area contributed by atoms with Gasteiger partial charge in [0, 0.05) is 37.8 Å². The van der Waals surface area contributed by atoms with E-state index in [2.05, 4.69) is 37.9 Å². The third-order valence-electron chi connectivity index (χ3n) is 5.36. The zero-order chi connectivity index (χ0) is 13.9. The lowest BCUT2D eigenvalue weighted by atomic mass is 9.86. The van der Waals surface area contributed by atoms with Crippen molar-refractivity contribution in [1.82, 2.24) is 10.2 Å². The Morgan fingerprint density at radius 3 is 2.68 bits per heavy atom. The Hall–Kier alpha value is -0.120. The highest BCUT2D eigenvalue weighted by Crippen LogP contribution is 2.44. The number of hydrogen-bond acceptors (Lipinski definition) is 3. The third-order valence-corrected chi connectivity index (χ3v) is 5.36. The van der Waals surface area contributed by atoms with Crippen molar-refractivity contribution in [2.24, 2.45) is 11.8 Å². The summed E-state index contributed by atoms with van der Waals surface area (Å²) in [5.41, 5.74) is 0.362. The second-order valence-electron chi connectivity index (χ2n) is 6.65. The molecule has 112 valence electrons. The molecule has 0 radical (unpaired) electrons. The second-order valence-corrected chi connectivity index (χ2v) is 6.65. The van der Waals surface area contributed by atoms with E-state index >= 15 is 0 Å². The molecular formula is C16H32N2O. The Balaban J connectivity index is 1.96. The molecule has 3 atom stereocenters. The molecule has 0 aromatic heterocycles. The summed E-state index contributed by atoms with van der Waals surface area (Å²) in [5, 5.41) is 3.82. The number of hydrogen-bond donors (Lipinski definition) is 1. The van der Waals surface area contributed by atoms with Gasteiger partial charge in [-0.05, 0) is 38.5 Å². The van der Waals surface area contributed by atoms with Crippen molar-refractivity contribution in [3.05, 3.63) is 0 Å². The summed E-state index contributed by atoms with van der Waals surface area (Å²) in [5.74, 6) is 1.66. The third kappa shape index (κ3) is 3.50. The van der Waals surface area contributed by atoms with Crippen LogP contribution in [0.15, 0.2) is 0 Å². The quantitative estimate of drug-likeness (QED) is 0.718. The molecule has 1 aliphatic heterocycles. The van der Waals surface area contributed by atoms with E-state index in [0.29, 0.717) is 11.6 Å². The molecule has 0 amide bonds. The first-order valence-corrected chi connectivity index (χ1v) is 8.18. The number of rotatable bonds is 7. The van der Waals surface area contributed by atoms with Gasteiger partial charge < -0.3 is 10.1 Å². The highest BCUT2D eigenvalue weighted by molar-refractivity contribution is 5.05. The van der Waals surface area contributed by atoms with E-state index in [9.17, 15) is 0 Å². The van der Waals surface area contributed by atoms with E-state index in [1.54, 1.807) is 0 Å². The maximum atomic E-state index is 5.59. The summed E-state index contributed by atoms with van der Waals surface area (Å²) in [6.07, 6.45) is 4.09. The average molecular weight is 268 g/mol. The van der Waals surface area contributed by atoms with E-state index in [1.165, 1.54) is 25.8 Å². The van der Waals surface area contributed by atoms with Crippen molar-refractivity contribution in [3.8, 4) is 0 Å². The Kier molecular flexibility index (Phi) is 5.27. The van der Waals surface area contributed by atoms with Gasteiger partial charge in [0.1, 0.15) is 0 Å². The zero-order valence-corrected chi connectivity index (χ0v) is 13.2. The summed E-state index contributed by atoms with van der Waals surface area (Å²) < 4.78 is 5.59. The van der Waals surface area contributed by atoms with E-state index in [0.717, 1.165) is 38.1 Å². The molecule has 0 bridgehead atoms. The van der Waals surface area contributed by atoms with Crippen LogP contribution in [0.3, 0.4) is 0 Å². The lowest BCUT2D eigenvalue weighted by Crippen LogP contribution is -2.66. The van der Waals surface area contributed by atoms with Crippen molar-refractivity contribution in [1.29, 1.82) is 0 Å². The highest BCUT2D eigenvalue weighted by atomic mass is 16.5.